The molecule has 2 heterocycles. The summed E-state index contributed by atoms with van der Waals surface area (Å²) in [6.07, 6.45) is 3.35. The molecule has 2 aromatic carbocycles. The predicted molar refractivity (Wildman–Crippen MR) is 160 cm³/mol. The molecule has 6 nitrogen and oxygen atoms in total. The summed E-state index contributed by atoms with van der Waals surface area (Å²) in [5.74, 6) is -0.850. The number of ether oxygens (including phenoxy) is 4. The van der Waals surface area contributed by atoms with Crippen molar-refractivity contribution in [2.45, 2.75) is 121 Å². The molecule has 2 aliphatic rings. The maximum atomic E-state index is 10.9. The molecule has 0 aromatic heterocycles. The fourth-order valence-corrected chi connectivity index (χ4v) is 6.84. The molecule has 4 rings (SSSR count). The molecule has 0 saturated carbocycles. The highest BCUT2D eigenvalue weighted by Crippen LogP contribution is 2.45. The summed E-state index contributed by atoms with van der Waals surface area (Å²) in [6, 6.07) is 20.4. The van der Waals surface area contributed by atoms with E-state index in [9.17, 15) is 5.11 Å². The van der Waals surface area contributed by atoms with E-state index in [-0.39, 0.29) is 23.4 Å². The minimum absolute atomic E-state index is 0.0223. The molecular weight excluding hydrogens is 520 g/mol. The van der Waals surface area contributed by atoms with Crippen LogP contribution in [-0.2, 0) is 36.6 Å². The van der Waals surface area contributed by atoms with Crippen molar-refractivity contribution in [3.05, 3.63) is 71.8 Å². The van der Waals surface area contributed by atoms with Gasteiger partial charge >= 0.3 is 0 Å². The second kappa shape index (κ2) is 14.1. The SMILES string of the molecule is CC(C)(C)[Si](C)(C)O[C@H]1C[C@H](CCOCc2ccccc2)O[C@]2(C[C@@H](O)C[C@H](CCOCc3ccccc3)O2)C1. The van der Waals surface area contributed by atoms with E-state index in [1.165, 1.54) is 5.56 Å². The largest absolute Gasteiger partial charge is 0.414 e. The number of aliphatic hydroxyl groups excluding tert-OH is 1. The van der Waals surface area contributed by atoms with Gasteiger partial charge in [-0.15, -0.1) is 0 Å². The number of rotatable bonds is 12. The van der Waals surface area contributed by atoms with E-state index in [0.717, 1.165) is 18.4 Å². The van der Waals surface area contributed by atoms with Gasteiger partial charge in [-0.3, -0.25) is 0 Å². The molecule has 7 heteroatoms. The molecule has 2 fully saturated rings. The van der Waals surface area contributed by atoms with Crippen LogP contribution in [0, 0.1) is 0 Å². The highest BCUT2D eigenvalue weighted by molar-refractivity contribution is 6.74. The lowest BCUT2D eigenvalue weighted by atomic mass is 9.88. The van der Waals surface area contributed by atoms with E-state index in [1.54, 1.807) is 0 Å². The van der Waals surface area contributed by atoms with Gasteiger partial charge in [0.2, 0.25) is 0 Å². The van der Waals surface area contributed by atoms with Gasteiger partial charge in [-0.05, 0) is 54.9 Å². The van der Waals surface area contributed by atoms with E-state index in [2.05, 4.69) is 58.1 Å². The van der Waals surface area contributed by atoms with Crippen molar-refractivity contribution in [3.63, 3.8) is 0 Å². The normalized spacial score (nSPS) is 27.6. The Bertz CT molecular complexity index is 1010. The molecule has 2 aliphatic heterocycles. The number of hydrogen-bond acceptors (Lipinski definition) is 6. The van der Waals surface area contributed by atoms with E-state index in [4.69, 9.17) is 23.4 Å². The van der Waals surface area contributed by atoms with Gasteiger partial charge in [0.25, 0.3) is 0 Å². The van der Waals surface area contributed by atoms with Crippen molar-refractivity contribution in [3.8, 4) is 0 Å². The Morgan fingerprint density at radius 2 is 1.30 bits per heavy atom. The molecule has 40 heavy (non-hydrogen) atoms. The molecule has 0 amide bonds. The van der Waals surface area contributed by atoms with Crippen LogP contribution in [0.3, 0.4) is 0 Å². The van der Waals surface area contributed by atoms with E-state index < -0.39 is 20.2 Å². The average Bonchev–Trinajstić information content (AvgIpc) is 2.89. The predicted octanol–water partition coefficient (Wildman–Crippen LogP) is 7.01. The van der Waals surface area contributed by atoms with Crippen LogP contribution in [0.25, 0.3) is 0 Å². The van der Waals surface area contributed by atoms with Crippen LogP contribution in [0.15, 0.2) is 60.7 Å². The van der Waals surface area contributed by atoms with Crippen molar-refractivity contribution >= 4 is 8.32 Å². The van der Waals surface area contributed by atoms with Gasteiger partial charge < -0.3 is 28.5 Å². The number of hydrogen-bond donors (Lipinski definition) is 1. The van der Waals surface area contributed by atoms with Gasteiger partial charge in [-0.2, -0.15) is 0 Å². The van der Waals surface area contributed by atoms with E-state index in [1.807, 2.05) is 36.4 Å². The molecule has 0 radical (unpaired) electrons. The monoisotopic (exact) mass is 570 g/mol. The Balaban J connectivity index is 1.38. The van der Waals surface area contributed by atoms with E-state index >= 15 is 0 Å². The summed E-state index contributed by atoms with van der Waals surface area (Å²) in [4.78, 5) is 0. The van der Waals surface area contributed by atoms with Crippen LogP contribution in [0.5, 0.6) is 0 Å². The van der Waals surface area contributed by atoms with Crippen LogP contribution in [-0.4, -0.2) is 56.8 Å². The Morgan fingerprint density at radius 3 is 1.80 bits per heavy atom. The molecule has 0 aliphatic carbocycles. The molecule has 0 bridgehead atoms. The highest BCUT2D eigenvalue weighted by Gasteiger charge is 2.50. The zero-order chi connectivity index (χ0) is 28.6. The average molecular weight is 571 g/mol. The Labute approximate surface area is 242 Å². The zero-order valence-corrected chi connectivity index (χ0v) is 26.1. The van der Waals surface area contributed by atoms with Gasteiger partial charge in [0.15, 0.2) is 14.1 Å². The van der Waals surface area contributed by atoms with Crippen LogP contribution >= 0.6 is 0 Å². The van der Waals surface area contributed by atoms with Gasteiger partial charge in [-0.1, -0.05) is 81.4 Å². The fourth-order valence-electron chi connectivity index (χ4n) is 5.47. The smallest absolute Gasteiger partial charge is 0.192 e. The quantitative estimate of drug-likeness (QED) is 0.219. The summed E-state index contributed by atoms with van der Waals surface area (Å²) in [5.41, 5.74) is 2.32. The third kappa shape index (κ3) is 9.21. The van der Waals surface area contributed by atoms with E-state index in [0.29, 0.717) is 52.1 Å². The second-order valence-corrected chi connectivity index (χ2v) is 17.8. The van der Waals surface area contributed by atoms with Gasteiger partial charge in [0.1, 0.15) is 0 Å². The summed E-state index contributed by atoms with van der Waals surface area (Å²) < 4.78 is 32.3. The molecular formula is C33H50O6Si. The number of benzene rings is 2. The standard InChI is InChI=1S/C33H50O6Si/c1-32(2,3)40(4,5)39-31-21-30(17-19-36-25-27-14-10-7-11-15-27)38-33(23-31)22-28(34)20-29(37-33)16-18-35-24-26-12-8-6-9-13-26/h6-15,28-31,34H,16-25H2,1-5H3/t28-,29-,30-,31-,33+/m0/s1. The lowest BCUT2D eigenvalue weighted by molar-refractivity contribution is -0.339. The van der Waals surface area contributed by atoms with Crippen molar-refractivity contribution in [1.29, 1.82) is 0 Å². The minimum atomic E-state index is -2.00. The van der Waals surface area contributed by atoms with Crippen LogP contribution in [0.2, 0.25) is 18.1 Å². The third-order valence-electron chi connectivity index (χ3n) is 8.57. The fraction of sp³-hybridized carbons (Fsp3) is 0.636. The first-order valence-electron chi connectivity index (χ1n) is 15.0. The van der Waals surface area contributed by atoms with Crippen LogP contribution in [0.1, 0.15) is 70.4 Å². The topological polar surface area (TPSA) is 66.4 Å². The first kappa shape index (κ1) is 31.4. The van der Waals surface area contributed by atoms with Crippen LogP contribution in [0.4, 0.5) is 0 Å². The maximum absolute atomic E-state index is 10.9. The first-order chi connectivity index (χ1) is 19.0. The molecule has 5 atom stereocenters. The Kier molecular flexibility index (Phi) is 11.0. The van der Waals surface area contributed by atoms with Crippen molar-refractivity contribution in [1.82, 2.24) is 0 Å². The molecule has 0 unspecified atom stereocenters. The third-order valence-corrected chi connectivity index (χ3v) is 13.1. The Hall–Kier alpha value is -1.58. The summed E-state index contributed by atoms with van der Waals surface area (Å²) in [6.45, 7) is 13.8. The van der Waals surface area contributed by atoms with Crippen molar-refractivity contribution < 1.29 is 28.5 Å². The maximum Gasteiger partial charge on any atom is 0.192 e. The summed E-state index contributed by atoms with van der Waals surface area (Å²) in [5, 5.41) is 11.1. The Morgan fingerprint density at radius 1 is 0.800 bits per heavy atom. The molecule has 2 saturated heterocycles. The minimum Gasteiger partial charge on any atom is -0.414 e. The zero-order valence-electron chi connectivity index (χ0n) is 25.1. The van der Waals surface area contributed by atoms with Gasteiger partial charge in [-0.25, -0.2) is 0 Å². The molecule has 1 spiro atoms. The van der Waals surface area contributed by atoms with Crippen molar-refractivity contribution in [2.24, 2.45) is 0 Å². The molecule has 222 valence electrons. The number of aliphatic hydroxyl groups is 1. The lowest BCUT2D eigenvalue weighted by Gasteiger charge is -2.51. The lowest BCUT2D eigenvalue weighted by Crippen LogP contribution is -2.57. The van der Waals surface area contributed by atoms with Gasteiger partial charge in [0, 0.05) is 26.1 Å². The molecule has 1 N–H and O–H groups in total. The molecule has 2 aromatic rings. The first-order valence-corrected chi connectivity index (χ1v) is 17.9. The van der Waals surface area contributed by atoms with Gasteiger partial charge in [0.05, 0.1) is 37.6 Å². The summed E-state index contributed by atoms with van der Waals surface area (Å²) in [7, 11) is -2.00. The van der Waals surface area contributed by atoms with Crippen molar-refractivity contribution in [2.75, 3.05) is 13.2 Å². The summed E-state index contributed by atoms with van der Waals surface area (Å²) >= 11 is 0. The van der Waals surface area contributed by atoms with Crippen LogP contribution < -0.4 is 0 Å². The second-order valence-electron chi connectivity index (χ2n) is 13.1. The highest BCUT2D eigenvalue weighted by atomic mass is 28.4.